The van der Waals surface area contributed by atoms with Gasteiger partial charge >= 0.3 is 13.6 Å². The highest BCUT2D eigenvalue weighted by atomic mass is 32.7. The van der Waals surface area contributed by atoms with Crippen LogP contribution in [0.1, 0.15) is 6.23 Å². The van der Waals surface area contributed by atoms with Crippen LogP contribution in [0.25, 0.3) is 22.2 Å². The molecular weight excluding hydrogens is 680 g/mol. The third-order valence-corrected chi connectivity index (χ3v) is 10.8. The number of aliphatic hydroxyl groups is 2. The van der Waals surface area contributed by atoms with Crippen molar-refractivity contribution in [2.75, 3.05) is 31.3 Å². The molecule has 24 heteroatoms. The normalized spacial score (nSPS) is 37.7. The van der Waals surface area contributed by atoms with E-state index < -0.39 is 75.9 Å². The van der Waals surface area contributed by atoms with E-state index in [1.807, 2.05) is 0 Å². The van der Waals surface area contributed by atoms with Crippen LogP contribution in [0.2, 0.25) is 0 Å². The van der Waals surface area contributed by atoms with Gasteiger partial charge in [-0.05, 0) is 6.07 Å². The summed E-state index contributed by atoms with van der Waals surface area (Å²) in [6.45, 7) is -10.4. The summed E-state index contributed by atoms with van der Waals surface area (Å²) < 4.78 is 63.9. The summed E-state index contributed by atoms with van der Waals surface area (Å²) in [6.07, 6.45) is -4.44. The molecule has 0 radical (unpaired) electrons. The van der Waals surface area contributed by atoms with Crippen LogP contribution in [0.5, 0.6) is 5.88 Å². The number of nitrogens with zero attached hydrogens (tertiary/aromatic N) is 7. The van der Waals surface area contributed by atoms with Crippen molar-refractivity contribution in [2.45, 2.75) is 42.5 Å². The molecule has 7 rings (SSSR count). The highest BCUT2D eigenvalue weighted by Gasteiger charge is 2.56. The summed E-state index contributed by atoms with van der Waals surface area (Å²) in [5, 5.41) is 33.5. The highest BCUT2D eigenvalue weighted by Crippen LogP contribution is 2.60. The van der Waals surface area contributed by atoms with Gasteiger partial charge in [0.25, 0.3) is 0 Å². The minimum atomic E-state index is -4.40. The maximum Gasteiger partial charge on any atom is 0.386 e. The zero-order valence-corrected chi connectivity index (χ0v) is 26.2. The fourth-order valence-corrected chi connectivity index (χ4v) is 8.42. The fraction of sp³-hybridized carbons (Fsp3) is 0.476. The number of imidazole rings is 1. The average Bonchev–Trinajstić information content (AvgIpc) is 3.73. The van der Waals surface area contributed by atoms with Crippen molar-refractivity contribution in [3.05, 3.63) is 24.9 Å². The number of ether oxygens (including phenoxy) is 2. The minimum absolute atomic E-state index is 0.00768. The molecule has 0 saturated carbocycles. The van der Waals surface area contributed by atoms with E-state index in [0.29, 0.717) is 0 Å². The first-order valence-electron chi connectivity index (χ1n) is 13.0. The van der Waals surface area contributed by atoms with Crippen molar-refractivity contribution in [2.24, 2.45) is 0 Å². The monoisotopic (exact) mass is 705 g/mol. The first-order chi connectivity index (χ1) is 21.3. The van der Waals surface area contributed by atoms with Crippen LogP contribution in [-0.4, -0.2) is 99.7 Å². The molecular formula is C21H25N9O11P2S2. The molecule has 3 unspecified atom stereocenters. The molecule has 4 aromatic heterocycles. The standard InChI is InChI=1S/C21H25N9O11P2S2/c22-15-11-17(28-20(23)27-15)30(7-26-11)21(33)5-36-10-4-38-42(34,44)40-13-12(31)9(3-37-43(35,45)41-14(10)21)39-19(13)29-2-1-8-16(29)24-6-25-18(8)32/h1-2,6-7,9-10,12-14,19,31,33H,3-5H2,(H,34,44)(H,35,45)(H,24,25,32)(H4,22,23,27,28)/t9-,10?,12-,13-,14-,19-,21+,42?,43?/m1/s1. The number of thiol groups is 2. The van der Waals surface area contributed by atoms with Gasteiger partial charge < -0.3 is 40.8 Å². The zero-order valence-electron chi connectivity index (χ0n) is 22.6. The fourth-order valence-electron chi connectivity index (χ4n) is 5.46. The maximum atomic E-state index is 13.6. The number of fused-ring (bicyclic) bond motifs is 5. The van der Waals surface area contributed by atoms with Crippen molar-refractivity contribution >= 4 is 72.1 Å². The molecule has 3 fully saturated rings. The van der Waals surface area contributed by atoms with Gasteiger partial charge in [0.15, 0.2) is 23.4 Å². The van der Waals surface area contributed by atoms with Crippen molar-refractivity contribution in [3.63, 3.8) is 0 Å². The van der Waals surface area contributed by atoms with Crippen LogP contribution in [0.3, 0.4) is 0 Å². The number of hydrogen-bond acceptors (Lipinski definition) is 18. The van der Waals surface area contributed by atoms with Crippen LogP contribution in [-0.2, 0) is 42.4 Å². The van der Waals surface area contributed by atoms with Gasteiger partial charge in [-0.15, -0.1) is 0 Å². The van der Waals surface area contributed by atoms with Gasteiger partial charge in [0.05, 0.1) is 31.5 Å². The van der Waals surface area contributed by atoms with Crippen LogP contribution in [0.4, 0.5) is 11.8 Å². The SMILES string of the molecule is Nc1nc(N)c2ncn([C@]3(O)COC4COP(=O)(S)O[C@@H]5[C@H](O)[C@@H](COP(=O)(S)O[C@H]43)O[C@H]5n3ccc4c(O)ncnc43)c2n1. The molecule has 9 atom stereocenters. The second-order valence-electron chi connectivity index (χ2n) is 10.3. The van der Waals surface area contributed by atoms with Crippen LogP contribution < -0.4 is 11.5 Å². The lowest BCUT2D eigenvalue weighted by atomic mass is 10.1. The Hall–Kier alpha value is -2.59. The predicted octanol–water partition coefficient (Wildman–Crippen LogP) is 0.336. The third-order valence-electron chi connectivity index (χ3n) is 7.54. The summed E-state index contributed by atoms with van der Waals surface area (Å²) in [6, 6.07) is 1.50. The van der Waals surface area contributed by atoms with E-state index in [-0.39, 0.29) is 39.8 Å². The number of aliphatic hydroxyl groups excluding tert-OH is 1. The van der Waals surface area contributed by atoms with Crippen LogP contribution in [0, 0.1) is 0 Å². The molecule has 3 aliphatic rings. The van der Waals surface area contributed by atoms with Gasteiger partial charge in [0, 0.05) is 6.20 Å². The molecule has 20 nitrogen and oxygen atoms in total. The Labute approximate surface area is 262 Å². The predicted molar refractivity (Wildman–Crippen MR) is 158 cm³/mol. The van der Waals surface area contributed by atoms with Gasteiger partial charge in [-0.2, -0.15) is 9.97 Å². The van der Waals surface area contributed by atoms with Gasteiger partial charge in [0.1, 0.15) is 48.0 Å². The Morgan fingerprint density at radius 2 is 1.76 bits per heavy atom. The third kappa shape index (κ3) is 5.37. The van der Waals surface area contributed by atoms with Gasteiger partial charge in [-0.25, -0.2) is 24.1 Å². The lowest BCUT2D eigenvalue weighted by molar-refractivity contribution is -0.103. The maximum absolute atomic E-state index is 13.6. The number of rotatable bonds is 2. The molecule has 242 valence electrons. The van der Waals surface area contributed by atoms with Gasteiger partial charge in [0.2, 0.25) is 11.8 Å². The topological polar surface area (TPSA) is 277 Å². The van der Waals surface area contributed by atoms with E-state index in [4.69, 9.17) is 39.0 Å². The molecule has 3 saturated heterocycles. The van der Waals surface area contributed by atoms with E-state index in [2.05, 4.69) is 49.4 Å². The average molecular weight is 706 g/mol. The molecule has 0 aliphatic carbocycles. The van der Waals surface area contributed by atoms with E-state index in [9.17, 15) is 24.4 Å². The van der Waals surface area contributed by atoms with Crippen molar-refractivity contribution in [1.82, 2.24) is 34.1 Å². The first-order valence-corrected chi connectivity index (χ1v) is 18.4. The molecule has 7 heterocycles. The van der Waals surface area contributed by atoms with Gasteiger partial charge in [-0.1, -0.05) is 24.5 Å². The molecule has 45 heavy (non-hydrogen) atoms. The quantitative estimate of drug-likeness (QED) is 0.109. The summed E-state index contributed by atoms with van der Waals surface area (Å²) in [7, 11) is 0. The van der Waals surface area contributed by atoms with Gasteiger partial charge in [-0.3, -0.25) is 22.7 Å². The zero-order chi connectivity index (χ0) is 31.9. The Morgan fingerprint density at radius 3 is 2.53 bits per heavy atom. The van der Waals surface area contributed by atoms with E-state index >= 15 is 0 Å². The number of aromatic nitrogens is 7. The van der Waals surface area contributed by atoms with Crippen LogP contribution >= 0.6 is 38.1 Å². The summed E-state index contributed by atoms with van der Waals surface area (Å²) in [5.74, 6) is -0.572. The Kier molecular flexibility index (Phi) is 7.58. The minimum Gasteiger partial charge on any atom is -0.493 e. The van der Waals surface area contributed by atoms with Crippen molar-refractivity contribution in [3.8, 4) is 5.88 Å². The molecule has 3 aliphatic heterocycles. The molecule has 0 amide bonds. The summed E-state index contributed by atoms with van der Waals surface area (Å²) in [4.78, 5) is 20.0. The molecule has 0 aromatic carbocycles. The van der Waals surface area contributed by atoms with Crippen molar-refractivity contribution < 1.29 is 52.0 Å². The Balaban J connectivity index is 1.23. The number of nitrogens with two attached hydrogens (primary N) is 2. The van der Waals surface area contributed by atoms with E-state index in [1.54, 1.807) is 0 Å². The number of anilines is 2. The Bertz CT molecular complexity index is 1900. The number of nitrogen functional groups attached to an aromatic ring is 2. The van der Waals surface area contributed by atoms with E-state index in [1.165, 1.54) is 23.2 Å². The summed E-state index contributed by atoms with van der Waals surface area (Å²) in [5.41, 5.74) is 9.81. The largest absolute Gasteiger partial charge is 0.493 e. The molecule has 0 spiro atoms. The Morgan fingerprint density at radius 1 is 1.02 bits per heavy atom. The van der Waals surface area contributed by atoms with Crippen molar-refractivity contribution in [1.29, 1.82) is 0 Å². The second-order valence-corrected chi connectivity index (χ2v) is 16.1. The lowest BCUT2D eigenvalue weighted by Gasteiger charge is -2.33. The molecule has 7 N–H and O–H groups in total. The number of aromatic hydroxyl groups is 1. The van der Waals surface area contributed by atoms with Crippen LogP contribution in [0.15, 0.2) is 24.9 Å². The summed E-state index contributed by atoms with van der Waals surface area (Å²) >= 11 is 8.19. The number of hydrogen-bond donors (Lipinski definition) is 7. The second kappa shape index (κ2) is 11.0. The molecule has 2 bridgehead atoms. The first kappa shape index (κ1) is 31.0. The smallest absolute Gasteiger partial charge is 0.386 e. The molecule has 4 aromatic rings. The highest BCUT2D eigenvalue weighted by molar-refractivity contribution is 8.44. The lowest BCUT2D eigenvalue weighted by Crippen LogP contribution is -2.48. The van der Waals surface area contributed by atoms with E-state index in [0.717, 1.165) is 10.9 Å².